The van der Waals surface area contributed by atoms with Crippen LogP contribution in [-0.4, -0.2) is 18.4 Å². The Labute approximate surface area is 132 Å². The first-order chi connectivity index (χ1) is 10.5. The third-order valence-electron chi connectivity index (χ3n) is 3.18. The van der Waals surface area contributed by atoms with Gasteiger partial charge in [-0.25, -0.2) is 4.90 Å². The molecular formula is C15H8BrF2NO3. The number of carbonyl (C=O) groups excluding carboxylic acids is 2. The summed E-state index contributed by atoms with van der Waals surface area (Å²) >= 11 is 3.18. The summed E-state index contributed by atoms with van der Waals surface area (Å²) in [6.45, 7) is -2.95. The summed E-state index contributed by atoms with van der Waals surface area (Å²) in [5, 5.41) is 0. The maximum absolute atomic E-state index is 12.4. The number of imide groups is 1. The molecule has 22 heavy (non-hydrogen) atoms. The van der Waals surface area contributed by atoms with Gasteiger partial charge in [-0.1, -0.05) is 12.1 Å². The molecule has 0 atom stereocenters. The molecule has 0 unspecified atom stereocenters. The molecule has 0 N–H and O–H groups in total. The third-order valence-corrected chi connectivity index (χ3v) is 3.81. The van der Waals surface area contributed by atoms with Crippen LogP contribution in [0.1, 0.15) is 20.7 Å². The number of amides is 2. The van der Waals surface area contributed by atoms with Gasteiger partial charge in [-0.2, -0.15) is 8.78 Å². The highest BCUT2D eigenvalue weighted by atomic mass is 79.9. The Kier molecular flexibility index (Phi) is 3.66. The number of hydrogen-bond acceptors (Lipinski definition) is 3. The van der Waals surface area contributed by atoms with Gasteiger partial charge in [0.25, 0.3) is 11.8 Å². The molecule has 0 radical (unpaired) electrons. The summed E-state index contributed by atoms with van der Waals surface area (Å²) in [5.74, 6) is -0.977. The molecule has 1 heterocycles. The van der Waals surface area contributed by atoms with Crippen LogP contribution in [0, 0.1) is 0 Å². The highest BCUT2D eigenvalue weighted by molar-refractivity contribution is 9.10. The minimum Gasteiger partial charge on any atom is -0.435 e. The fourth-order valence-corrected chi connectivity index (χ4v) is 2.79. The quantitative estimate of drug-likeness (QED) is 0.774. The van der Waals surface area contributed by atoms with Crippen molar-refractivity contribution < 1.29 is 23.1 Å². The second-order valence-electron chi connectivity index (χ2n) is 4.48. The number of hydrogen-bond donors (Lipinski definition) is 0. The van der Waals surface area contributed by atoms with Gasteiger partial charge in [0.05, 0.1) is 16.8 Å². The van der Waals surface area contributed by atoms with Gasteiger partial charge in [0.2, 0.25) is 0 Å². The Hall–Kier alpha value is -2.28. The van der Waals surface area contributed by atoms with Crippen LogP contribution in [0.2, 0.25) is 0 Å². The van der Waals surface area contributed by atoms with E-state index in [0.717, 1.165) is 4.90 Å². The number of nitrogens with zero attached hydrogens (tertiary/aromatic N) is 1. The lowest BCUT2D eigenvalue weighted by Gasteiger charge is -2.16. The molecule has 2 aromatic carbocycles. The number of carbonyl (C=O) groups is 2. The van der Waals surface area contributed by atoms with Crippen LogP contribution in [0.15, 0.2) is 46.9 Å². The van der Waals surface area contributed by atoms with E-state index in [1.54, 1.807) is 24.3 Å². The molecule has 7 heteroatoms. The molecule has 0 fully saturated rings. The van der Waals surface area contributed by atoms with Crippen molar-refractivity contribution >= 4 is 33.4 Å². The van der Waals surface area contributed by atoms with Crippen LogP contribution in [0.5, 0.6) is 5.75 Å². The number of anilines is 1. The number of rotatable bonds is 3. The summed E-state index contributed by atoms with van der Waals surface area (Å²) < 4.78 is 29.0. The van der Waals surface area contributed by atoms with Crippen LogP contribution in [0.4, 0.5) is 14.5 Å². The van der Waals surface area contributed by atoms with Crippen molar-refractivity contribution in [1.29, 1.82) is 0 Å². The second kappa shape index (κ2) is 5.49. The van der Waals surface area contributed by atoms with Gasteiger partial charge in [0.15, 0.2) is 0 Å². The topological polar surface area (TPSA) is 46.6 Å². The first-order valence-corrected chi connectivity index (χ1v) is 7.00. The largest absolute Gasteiger partial charge is 0.435 e. The van der Waals surface area contributed by atoms with Gasteiger partial charge >= 0.3 is 6.61 Å². The maximum Gasteiger partial charge on any atom is 0.387 e. The van der Waals surface area contributed by atoms with E-state index in [0.29, 0.717) is 15.6 Å². The minimum atomic E-state index is -2.95. The predicted molar refractivity (Wildman–Crippen MR) is 78.4 cm³/mol. The number of fused-ring (bicyclic) bond motifs is 1. The fourth-order valence-electron chi connectivity index (χ4n) is 2.25. The van der Waals surface area contributed by atoms with E-state index >= 15 is 0 Å². The predicted octanol–water partition coefficient (Wildman–Crippen LogP) is 3.85. The molecule has 2 amide bonds. The van der Waals surface area contributed by atoms with Crippen LogP contribution >= 0.6 is 15.9 Å². The average Bonchev–Trinajstić information content (AvgIpc) is 2.72. The summed E-state index contributed by atoms with van der Waals surface area (Å²) in [7, 11) is 0. The molecule has 4 nitrogen and oxygen atoms in total. The summed E-state index contributed by atoms with van der Waals surface area (Å²) in [6, 6.07) is 10.4. The van der Waals surface area contributed by atoms with Crippen molar-refractivity contribution in [2.24, 2.45) is 0 Å². The Morgan fingerprint density at radius 2 is 1.59 bits per heavy atom. The van der Waals surface area contributed by atoms with E-state index < -0.39 is 18.4 Å². The zero-order chi connectivity index (χ0) is 15.9. The second-order valence-corrected chi connectivity index (χ2v) is 5.34. The van der Waals surface area contributed by atoms with Gasteiger partial charge < -0.3 is 4.74 Å². The zero-order valence-electron chi connectivity index (χ0n) is 10.9. The maximum atomic E-state index is 12.4. The van der Waals surface area contributed by atoms with Gasteiger partial charge in [-0.15, -0.1) is 0 Å². The normalized spacial score (nSPS) is 13.7. The van der Waals surface area contributed by atoms with Crippen molar-refractivity contribution in [2.75, 3.05) is 4.90 Å². The summed E-state index contributed by atoms with van der Waals surface area (Å²) in [5.41, 5.74) is 0.896. The first-order valence-electron chi connectivity index (χ1n) is 6.21. The third kappa shape index (κ3) is 2.37. The van der Waals surface area contributed by atoms with Gasteiger partial charge in [-0.3, -0.25) is 9.59 Å². The molecule has 0 spiro atoms. The molecule has 0 aliphatic carbocycles. The van der Waals surface area contributed by atoms with E-state index in [2.05, 4.69) is 20.7 Å². The minimum absolute atomic E-state index is 0.0674. The van der Waals surface area contributed by atoms with Crippen LogP contribution in [0.25, 0.3) is 0 Å². The molecule has 0 saturated carbocycles. The highest BCUT2D eigenvalue weighted by Gasteiger charge is 2.37. The highest BCUT2D eigenvalue weighted by Crippen LogP contribution is 2.35. The first kappa shape index (κ1) is 14.6. The molecule has 2 aromatic rings. The lowest BCUT2D eigenvalue weighted by molar-refractivity contribution is -0.0498. The monoisotopic (exact) mass is 367 g/mol. The standard InChI is InChI=1S/C15H8BrF2NO3/c16-11-7-8(22-15(17)18)5-6-12(11)19-13(20)9-3-1-2-4-10(9)14(19)21/h1-7,15H. The fraction of sp³-hybridized carbons (Fsp3) is 0.0667. The van der Waals surface area contributed by atoms with Crippen LogP contribution in [0.3, 0.4) is 0 Å². The SMILES string of the molecule is O=C1c2ccccc2C(=O)N1c1ccc(OC(F)F)cc1Br. The van der Waals surface area contributed by atoms with Crippen molar-refractivity contribution in [3.8, 4) is 5.75 Å². The molecule has 112 valence electrons. The van der Waals surface area contributed by atoms with Crippen molar-refractivity contribution in [3.05, 3.63) is 58.1 Å². The molecule has 0 bridgehead atoms. The van der Waals surface area contributed by atoms with Gasteiger partial charge in [-0.05, 0) is 46.3 Å². The van der Waals surface area contributed by atoms with Crippen LogP contribution < -0.4 is 9.64 Å². The Morgan fingerprint density at radius 1 is 1.00 bits per heavy atom. The van der Waals surface area contributed by atoms with Crippen molar-refractivity contribution in [3.63, 3.8) is 0 Å². The van der Waals surface area contributed by atoms with Crippen molar-refractivity contribution in [2.45, 2.75) is 6.61 Å². The smallest absolute Gasteiger partial charge is 0.387 e. The van der Waals surface area contributed by atoms with E-state index in [1.807, 2.05) is 0 Å². The average molecular weight is 368 g/mol. The zero-order valence-corrected chi connectivity index (χ0v) is 12.5. The summed E-state index contributed by atoms with van der Waals surface area (Å²) in [4.78, 5) is 25.7. The van der Waals surface area contributed by atoms with E-state index in [4.69, 9.17) is 0 Å². The number of benzene rings is 2. The number of alkyl halides is 2. The molecule has 3 rings (SSSR count). The van der Waals surface area contributed by atoms with Gasteiger partial charge in [0.1, 0.15) is 5.75 Å². The number of halogens is 3. The number of ether oxygens (including phenoxy) is 1. The van der Waals surface area contributed by atoms with E-state index in [-0.39, 0.29) is 11.4 Å². The molecule has 0 aromatic heterocycles. The lowest BCUT2D eigenvalue weighted by atomic mass is 10.1. The van der Waals surface area contributed by atoms with E-state index in [9.17, 15) is 18.4 Å². The lowest BCUT2D eigenvalue weighted by Crippen LogP contribution is -2.29. The Bertz CT molecular complexity index is 744. The van der Waals surface area contributed by atoms with Crippen LogP contribution in [-0.2, 0) is 0 Å². The molecular weight excluding hydrogens is 360 g/mol. The van der Waals surface area contributed by atoms with Crippen molar-refractivity contribution in [1.82, 2.24) is 0 Å². The van der Waals surface area contributed by atoms with E-state index in [1.165, 1.54) is 18.2 Å². The molecule has 0 saturated heterocycles. The Morgan fingerprint density at radius 3 is 2.09 bits per heavy atom. The van der Waals surface area contributed by atoms with Gasteiger partial charge in [0, 0.05) is 4.47 Å². The Balaban J connectivity index is 1.99. The molecule has 1 aliphatic heterocycles. The molecule has 1 aliphatic rings. The summed E-state index contributed by atoms with van der Waals surface area (Å²) in [6.07, 6.45) is 0.